The largest absolute Gasteiger partial charge is 0.418 e. The number of alkyl halides is 3. The Balaban J connectivity index is 2.70. The Kier molecular flexibility index (Phi) is 7.74. The summed E-state index contributed by atoms with van der Waals surface area (Å²) in [7, 11) is 0. The maximum atomic E-state index is 12.9. The first-order valence-electron chi connectivity index (χ1n) is 6.90. The number of para-hydroxylation sites is 1. The predicted octanol–water partition coefficient (Wildman–Crippen LogP) is 1.65. The van der Waals surface area contributed by atoms with E-state index in [1.807, 2.05) is 0 Å². The average Bonchev–Trinajstić information content (AvgIpc) is 2.53. The monoisotopic (exact) mass is 343 g/mol. The zero-order chi connectivity index (χ0) is 18.0. The second-order valence-electron chi connectivity index (χ2n) is 4.46. The molecule has 0 aliphatic carbocycles. The van der Waals surface area contributed by atoms with Gasteiger partial charge in [0.05, 0.1) is 31.1 Å². The van der Waals surface area contributed by atoms with Crippen LogP contribution in [0.25, 0.3) is 0 Å². The van der Waals surface area contributed by atoms with Crippen molar-refractivity contribution in [3.63, 3.8) is 0 Å². The van der Waals surface area contributed by atoms with Crippen LogP contribution in [0.5, 0.6) is 0 Å². The molecule has 9 heteroatoms. The molecule has 1 amide bonds. The first kappa shape index (κ1) is 19.5. The van der Waals surface area contributed by atoms with Gasteiger partial charge >= 0.3 is 6.18 Å². The molecule has 6 nitrogen and oxygen atoms in total. The van der Waals surface area contributed by atoms with E-state index in [2.05, 4.69) is 10.6 Å². The van der Waals surface area contributed by atoms with Crippen LogP contribution in [-0.2, 0) is 15.7 Å². The number of carbonyl (C=O) groups excluding carboxylic acids is 1. The number of ether oxygens (including phenoxy) is 1. The molecule has 24 heavy (non-hydrogen) atoms. The van der Waals surface area contributed by atoms with Crippen molar-refractivity contribution in [1.82, 2.24) is 5.32 Å². The quantitative estimate of drug-likeness (QED) is 0.379. The fourth-order valence-corrected chi connectivity index (χ4v) is 1.65. The van der Waals surface area contributed by atoms with Gasteiger partial charge in [-0.15, -0.1) is 0 Å². The molecule has 0 heterocycles. The molecule has 0 spiro atoms. The third-order valence-corrected chi connectivity index (χ3v) is 2.72. The maximum absolute atomic E-state index is 12.9. The molecule has 0 atom stereocenters. The van der Waals surface area contributed by atoms with Crippen molar-refractivity contribution in [2.75, 3.05) is 31.7 Å². The molecule has 130 valence electrons. The summed E-state index contributed by atoms with van der Waals surface area (Å²) >= 11 is 0. The Morgan fingerprint density at radius 1 is 1.33 bits per heavy atom. The molecule has 0 unspecified atom stereocenters. The van der Waals surface area contributed by atoms with Crippen molar-refractivity contribution in [2.45, 2.75) is 6.18 Å². The minimum Gasteiger partial charge on any atom is -0.394 e. The van der Waals surface area contributed by atoms with Crippen LogP contribution in [-0.4, -0.2) is 37.4 Å². The number of halogens is 3. The Labute approximate surface area is 136 Å². The SMILES string of the molecule is N#C/C(=C/NCCOCCO)C(=O)Nc1ccccc1C(F)(F)F. The molecule has 0 saturated heterocycles. The first-order chi connectivity index (χ1) is 11.4. The number of hydrogen-bond acceptors (Lipinski definition) is 5. The van der Waals surface area contributed by atoms with Crippen LogP contribution < -0.4 is 10.6 Å². The summed E-state index contributed by atoms with van der Waals surface area (Å²) < 4.78 is 43.5. The number of aliphatic hydroxyl groups excluding tert-OH is 1. The Hall–Kier alpha value is -2.57. The zero-order valence-electron chi connectivity index (χ0n) is 12.6. The van der Waals surface area contributed by atoms with Gasteiger partial charge in [0.1, 0.15) is 11.6 Å². The molecule has 1 rings (SSSR count). The lowest BCUT2D eigenvalue weighted by molar-refractivity contribution is -0.137. The van der Waals surface area contributed by atoms with E-state index in [0.29, 0.717) is 0 Å². The number of amides is 1. The van der Waals surface area contributed by atoms with E-state index in [4.69, 9.17) is 15.1 Å². The van der Waals surface area contributed by atoms with Gasteiger partial charge in [0.2, 0.25) is 0 Å². The van der Waals surface area contributed by atoms with Crippen molar-refractivity contribution >= 4 is 11.6 Å². The Bertz CT molecular complexity index is 624. The second kappa shape index (κ2) is 9.54. The normalized spacial score (nSPS) is 11.7. The van der Waals surface area contributed by atoms with Crippen LogP contribution in [0.3, 0.4) is 0 Å². The van der Waals surface area contributed by atoms with Crippen LogP contribution in [0.2, 0.25) is 0 Å². The Morgan fingerprint density at radius 3 is 2.67 bits per heavy atom. The third kappa shape index (κ3) is 6.28. The lowest BCUT2D eigenvalue weighted by Gasteiger charge is -2.13. The van der Waals surface area contributed by atoms with Crippen LogP contribution in [0.15, 0.2) is 36.0 Å². The van der Waals surface area contributed by atoms with E-state index < -0.39 is 23.3 Å². The van der Waals surface area contributed by atoms with Crippen molar-refractivity contribution in [2.24, 2.45) is 0 Å². The standard InChI is InChI=1S/C15H16F3N3O3/c16-15(17,18)12-3-1-2-4-13(12)21-14(23)11(9-19)10-20-5-7-24-8-6-22/h1-4,10,20,22H,5-8H2,(H,21,23)/b11-10-. The molecule has 0 aromatic heterocycles. The molecule has 0 aliphatic heterocycles. The van der Waals surface area contributed by atoms with Gasteiger partial charge in [0.15, 0.2) is 0 Å². The third-order valence-electron chi connectivity index (χ3n) is 2.72. The number of nitriles is 1. The van der Waals surface area contributed by atoms with Gasteiger partial charge in [-0.3, -0.25) is 4.79 Å². The number of nitrogens with zero attached hydrogens (tertiary/aromatic N) is 1. The topological polar surface area (TPSA) is 94.4 Å². The molecule has 1 aromatic rings. The minimum absolute atomic E-state index is 0.125. The van der Waals surface area contributed by atoms with E-state index in [0.717, 1.165) is 18.3 Å². The number of nitrogens with one attached hydrogen (secondary N) is 2. The van der Waals surface area contributed by atoms with Gasteiger partial charge in [-0.1, -0.05) is 12.1 Å². The maximum Gasteiger partial charge on any atom is 0.418 e. The predicted molar refractivity (Wildman–Crippen MR) is 79.7 cm³/mol. The summed E-state index contributed by atoms with van der Waals surface area (Å²) in [6, 6.07) is 6.09. The summed E-state index contributed by atoms with van der Waals surface area (Å²) in [5.41, 5.74) is -1.81. The minimum atomic E-state index is -4.62. The number of aliphatic hydroxyl groups is 1. The lowest BCUT2D eigenvalue weighted by atomic mass is 10.1. The number of anilines is 1. The number of benzene rings is 1. The van der Waals surface area contributed by atoms with E-state index in [-0.39, 0.29) is 31.9 Å². The molecule has 0 radical (unpaired) electrons. The molecule has 0 bridgehead atoms. The molecule has 0 fully saturated rings. The van der Waals surface area contributed by atoms with E-state index in [1.54, 1.807) is 6.07 Å². The number of hydrogen-bond donors (Lipinski definition) is 3. The molecule has 1 aromatic carbocycles. The van der Waals surface area contributed by atoms with Gasteiger partial charge < -0.3 is 20.5 Å². The highest BCUT2D eigenvalue weighted by Crippen LogP contribution is 2.34. The summed E-state index contributed by atoms with van der Waals surface area (Å²) in [5.74, 6) is -0.960. The van der Waals surface area contributed by atoms with Crippen LogP contribution >= 0.6 is 0 Å². The zero-order valence-corrected chi connectivity index (χ0v) is 12.6. The van der Waals surface area contributed by atoms with Gasteiger partial charge in [0.25, 0.3) is 5.91 Å². The van der Waals surface area contributed by atoms with E-state index in [9.17, 15) is 18.0 Å². The summed E-state index contributed by atoms with van der Waals surface area (Å²) in [6.07, 6.45) is -3.53. The molecule has 0 aliphatic rings. The van der Waals surface area contributed by atoms with Crippen LogP contribution in [0, 0.1) is 11.3 Å². The lowest BCUT2D eigenvalue weighted by Crippen LogP contribution is -2.21. The highest BCUT2D eigenvalue weighted by atomic mass is 19.4. The summed E-state index contributed by atoms with van der Waals surface area (Å²) in [5, 5.41) is 22.2. The van der Waals surface area contributed by atoms with Gasteiger partial charge in [0, 0.05) is 12.7 Å². The van der Waals surface area contributed by atoms with Crippen molar-refractivity contribution in [3.8, 4) is 6.07 Å². The van der Waals surface area contributed by atoms with Crippen molar-refractivity contribution < 1.29 is 27.8 Å². The summed E-state index contributed by atoms with van der Waals surface area (Å²) in [4.78, 5) is 11.9. The molecular formula is C15H16F3N3O3. The summed E-state index contributed by atoms with van der Waals surface area (Å²) in [6.45, 7) is 0.525. The van der Waals surface area contributed by atoms with Gasteiger partial charge in [-0.2, -0.15) is 18.4 Å². The molecular weight excluding hydrogens is 327 g/mol. The van der Waals surface area contributed by atoms with Gasteiger partial charge in [-0.25, -0.2) is 0 Å². The number of carbonyl (C=O) groups is 1. The molecule has 0 saturated carbocycles. The van der Waals surface area contributed by atoms with Crippen molar-refractivity contribution in [3.05, 3.63) is 41.6 Å². The highest BCUT2D eigenvalue weighted by Gasteiger charge is 2.33. The molecule has 3 N–H and O–H groups in total. The van der Waals surface area contributed by atoms with E-state index in [1.165, 1.54) is 12.1 Å². The smallest absolute Gasteiger partial charge is 0.394 e. The average molecular weight is 343 g/mol. The highest BCUT2D eigenvalue weighted by molar-refractivity contribution is 6.06. The van der Waals surface area contributed by atoms with Gasteiger partial charge in [-0.05, 0) is 12.1 Å². The first-order valence-corrected chi connectivity index (χ1v) is 6.90. The number of rotatable bonds is 8. The Morgan fingerprint density at radius 2 is 2.04 bits per heavy atom. The van der Waals surface area contributed by atoms with Crippen molar-refractivity contribution in [1.29, 1.82) is 5.26 Å². The second-order valence-corrected chi connectivity index (χ2v) is 4.46. The fraction of sp³-hybridized carbons (Fsp3) is 0.333. The van der Waals surface area contributed by atoms with Crippen LogP contribution in [0.4, 0.5) is 18.9 Å². The van der Waals surface area contributed by atoms with Crippen LogP contribution in [0.1, 0.15) is 5.56 Å². The van der Waals surface area contributed by atoms with E-state index >= 15 is 0 Å². The fourth-order valence-electron chi connectivity index (χ4n) is 1.65.